The molecule has 4 aromatic heterocycles. The second-order valence-corrected chi connectivity index (χ2v) is 8.18. The van der Waals surface area contributed by atoms with Crippen molar-refractivity contribution >= 4 is 22.8 Å². The molecule has 29 heavy (non-hydrogen) atoms. The van der Waals surface area contributed by atoms with E-state index >= 15 is 4.39 Å². The number of fused-ring (bicyclic) bond motifs is 1. The van der Waals surface area contributed by atoms with Crippen molar-refractivity contribution in [3.8, 4) is 5.88 Å². The van der Waals surface area contributed by atoms with Gasteiger partial charge in [-0.25, -0.2) is 0 Å². The van der Waals surface area contributed by atoms with Crippen molar-refractivity contribution in [2.45, 2.75) is 25.8 Å². The monoisotopic (exact) mass is 411 g/mol. The Labute approximate surface area is 169 Å². The van der Waals surface area contributed by atoms with Crippen molar-refractivity contribution in [2.24, 2.45) is 5.92 Å². The molecule has 0 bridgehead atoms. The van der Waals surface area contributed by atoms with Crippen molar-refractivity contribution in [3.63, 3.8) is 0 Å². The Morgan fingerprint density at radius 3 is 3.00 bits per heavy atom. The summed E-state index contributed by atoms with van der Waals surface area (Å²) in [5, 5.41) is 16.9. The van der Waals surface area contributed by atoms with Gasteiger partial charge in [0.1, 0.15) is 10.0 Å². The number of hydrogen-bond acceptors (Lipinski definition) is 8. The van der Waals surface area contributed by atoms with Crippen LogP contribution in [0.3, 0.4) is 0 Å². The quantitative estimate of drug-likeness (QED) is 0.499. The fourth-order valence-corrected chi connectivity index (χ4v) is 3.94. The third-order valence-corrected chi connectivity index (χ3v) is 5.68. The van der Waals surface area contributed by atoms with Crippen LogP contribution in [-0.2, 0) is 6.54 Å². The minimum atomic E-state index is -0.572. The number of pyridine rings is 1. The van der Waals surface area contributed by atoms with Crippen molar-refractivity contribution in [2.75, 3.05) is 11.9 Å². The standard InChI is InChI=1S/C19H18FN7OS/c1-11-25-26-16(29-11)9-22-18-17(20)19(24-15-5-7-23-27(15)18)28-10-12-8-13(12)14-4-2-3-6-21-14/h2-7,12-13,22H,8-10H2,1H3. The molecule has 148 valence electrons. The highest BCUT2D eigenvalue weighted by atomic mass is 32.1. The number of ether oxygens (including phenoxy) is 1. The van der Waals surface area contributed by atoms with Gasteiger partial charge in [0.25, 0.3) is 5.88 Å². The molecule has 8 nitrogen and oxygen atoms in total. The van der Waals surface area contributed by atoms with Crippen molar-refractivity contribution in [1.82, 2.24) is 29.8 Å². The maximum Gasteiger partial charge on any atom is 0.256 e. The average molecular weight is 411 g/mol. The third-order valence-electron chi connectivity index (χ3n) is 4.85. The van der Waals surface area contributed by atoms with E-state index < -0.39 is 5.82 Å². The van der Waals surface area contributed by atoms with E-state index in [9.17, 15) is 0 Å². The largest absolute Gasteiger partial charge is 0.475 e. The molecular formula is C19H18FN7OS. The number of nitrogens with zero attached hydrogens (tertiary/aromatic N) is 6. The number of rotatable bonds is 7. The minimum Gasteiger partial charge on any atom is -0.475 e. The Hall–Kier alpha value is -3.14. The third kappa shape index (κ3) is 3.63. The van der Waals surface area contributed by atoms with Crippen LogP contribution in [0.25, 0.3) is 5.65 Å². The highest BCUT2D eigenvalue weighted by Crippen LogP contribution is 2.46. The van der Waals surface area contributed by atoms with Crippen LogP contribution in [0, 0.1) is 18.7 Å². The molecule has 0 spiro atoms. The van der Waals surface area contributed by atoms with Crippen LogP contribution in [0.5, 0.6) is 5.88 Å². The number of hydrogen-bond donors (Lipinski definition) is 1. The second kappa shape index (κ2) is 7.36. The van der Waals surface area contributed by atoms with Crippen molar-refractivity contribution in [1.29, 1.82) is 0 Å². The fraction of sp³-hybridized carbons (Fsp3) is 0.316. The Balaban J connectivity index is 1.32. The first kappa shape index (κ1) is 17.9. The molecule has 4 heterocycles. The lowest BCUT2D eigenvalue weighted by Gasteiger charge is -2.12. The first-order valence-electron chi connectivity index (χ1n) is 9.29. The lowest BCUT2D eigenvalue weighted by Crippen LogP contribution is -2.12. The van der Waals surface area contributed by atoms with Crippen molar-refractivity contribution in [3.05, 3.63) is 58.2 Å². The van der Waals surface area contributed by atoms with E-state index in [2.05, 4.69) is 30.6 Å². The number of nitrogens with one attached hydrogen (secondary N) is 1. The zero-order valence-electron chi connectivity index (χ0n) is 15.6. The molecule has 1 N–H and O–H groups in total. The first-order chi connectivity index (χ1) is 14.2. The van der Waals surface area contributed by atoms with E-state index in [1.54, 1.807) is 18.5 Å². The highest BCUT2D eigenvalue weighted by Gasteiger charge is 2.40. The van der Waals surface area contributed by atoms with Crippen molar-refractivity contribution < 1.29 is 9.13 Å². The summed E-state index contributed by atoms with van der Waals surface area (Å²) in [6.45, 7) is 2.61. The molecular weight excluding hydrogens is 393 g/mol. The van der Waals surface area contributed by atoms with E-state index in [1.807, 2.05) is 25.1 Å². The Morgan fingerprint density at radius 2 is 2.21 bits per heavy atom. The minimum absolute atomic E-state index is 0.0272. The van der Waals surface area contributed by atoms with Crippen LogP contribution < -0.4 is 10.1 Å². The Kier molecular flexibility index (Phi) is 4.55. The first-order valence-corrected chi connectivity index (χ1v) is 10.1. The maximum absolute atomic E-state index is 15.1. The molecule has 5 rings (SSSR count). The number of aromatic nitrogens is 6. The van der Waals surface area contributed by atoms with Gasteiger partial charge in [0.05, 0.1) is 19.3 Å². The molecule has 2 unspecified atom stereocenters. The molecule has 0 radical (unpaired) electrons. The summed E-state index contributed by atoms with van der Waals surface area (Å²) in [5.41, 5.74) is 1.56. The molecule has 10 heteroatoms. The van der Waals surface area contributed by atoms with E-state index in [0.29, 0.717) is 30.6 Å². The summed E-state index contributed by atoms with van der Waals surface area (Å²) < 4.78 is 22.3. The lowest BCUT2D eigenvalue weighted by molar-refractivity contribution is 0.271. The summed E-state index contributed by atoms with van der Waals surface area (Å²) in [4.78, 5) is 8.66. The molecule has 1 aliphatic rings. The molecule has 1 fully saturated rings. The van der Waals surface area contributed by atoms with Crippen LogP contribution in [0.15, 0.2) is 36.7 Å². The molecule has 1 aliphatic carbocycles. The topological polar surface area (TPSA) is 90.1 Å². The normalized spacial score (nSPS) is 18.1. The fourth-order valence-electron chi connectivity index (χ4n) is 3.29. The van der Waals surface area contributed by atoms with Gasteiger partial charge in [-0.15, -0.1) is 10.2 Å². The van der Waals surface area contributed by atoms with Gasteiger partial charge in [-0.2, -0.15) is 19.0 Å². The summed E-state index contributed by atoms with van der Waals surface area (Å²) in [6, 6.07) is 7.60. The molecule has 2 atom stereocenters. The van der Waals surface area contributed by atoms with Gasteiger partial charge in [0, 0.05) is 29.8 Å². The van der Waals surface area contributed by atoms with Crippen LogP contribution in [-0.4, -0.2) is 36.4 Å². The highest BCUT2D eigenvalue weighted by molar-refractivity contribution is 7.11. The van der Waals surface area contributed by atoms with Crippen LogP contribution in [0.4, 0.5) is 10.2 Å². The van der Waals surface area contributed by atoms with E-state index in [1.165, 1.54) is 15.9 Å². The maximum atomic E-state index is 15.1. The second-order valence-electron chi connectivity index (χ2n) is 6.92. The lowest BCUT2D eigenvalue weighted by atomic mass is 10.2. The predicted molar refractivity (Wildman–Crippen MR) is 105 cm³/mol. The van der Waals surface area contributed by atoms with Crippen LogP contribution >= 0.6 is 11.3 Å². The van der Waals surface area contributed by atoms with Gasteiger partial charge >= 0.3 is 0 Å². The number of anilines is 1. The molecule has 0 saturated heterocycles. The van der Waals surface area contributed by atoms with Crippen LogP contribution in [0.2, 0.25) is 0 Å². The van der Waals surface area contributed by atoms with Gasteiger partial charge in [0.2, 0.25) is 5.82 Å². The van der Waals surface area contributed by atoms with E-state index in [-0.39, 0.29) is 11.7 Å². The molecule has 1 saturated carbocycles. The van der Waals surface area contributed by atoms with Gasteiger partial charge in [-0.05, 0) is 25.5 Å². The predicted octanol–water partition coefficient (Wildman–Crippen LogP) is 3.22. The SMILES string of the molecule is Cc1nnc(CNc2c(F)c(OCC3CC3c3ccccn3)nc3ccnn23)s1. The smallest absolute Gasteiger partial charge is 0.256 e. The average Bonchev–Trinajstić information content (AvgIpc) is 3.15. The summed E-state index contributed by atoms with van der Waals surface area (Å²) in [7, 11) is 0. The number of aryl methyl sites for hydroxylation is 1. The molecule has 0 amide bonds. The molecule has 0 aliphatic heterocycles. The van der Waals surface area contributed by atoms with Gasteiger partial charge in [-0.3, -0.25) is 4.98 Å². The van der Waals surface area contributed by atoms with Gasteiger partial charge < -0.3 is 10.1 Å². The van der Waals surface area contributed by atoms with E-state index in [0.717, 1.165) is 22.1 Å². The zero-order valence-corrected chi connectivity index (χ0v) is 16.4. The Morgan fingerprint density at radius 1 is 1.28 bits per heavy atom. The number of halogens is 1. The summed E-state index contributed by atoms with van der Waals surface area (Å²) in [5.74, 6) is 0.266. The zero-order chi connectivity index (χ0) is 19.8. The van der Waals surface area contributed by atoms with E-state index in [4.69, 9.17) is 4.74 Å². The molecule has 0 aromatic carbocycles. The Bertz CT molecular complexity index is 1150. The van der Waals surface area contributed by atoms with Gasteiger partial charge in [0.15, 0.2) is 11.5 Å². The molecule has 4 aromatic rings. The summed E-state index contributed by atoms with van der Waals surface area (Å²) >= 11 is 1.46. The van der Waals surface area contributed by atoms with Gasteiger partial charge in [-0.1, -0.05) is 17.4 Å². The summed E-state index contributed by atoms with van der Waals surface area (Å²) in [6.07, 6.45) is 4.34. The van der Waals surface area contributed by atoms with Crippen LogP contribution in [0.1, 0.15) is 28.0 Å².